The molecule has 1 aliphatic rings. The molecule has 3 rings (SSSR count). The topological polar surface area (TPSA) is 87.7 Å². The van der Waals surface area contributed by atoms with Gasteiger partial charge in [0, 0.05) is 36.3 Å². The molecule has 0 spiro atoms. The highest BCUT2D eigenvalue weighted by atomic mass is 35.5. The van der Waals surface area contributed by atoms with Crippen molar-refractivity contribution in [3.63, 3.8) is 0 Å². The van der Waals surface area contributed by atoms with Crippen molar-refractivity contribution in [2.45, 2.75) is 37.6 Å². The predicted octanol–water partition coefficient (Wildman–Crippen LogP) is 4.00. The Morgan fingerprint density at radius 2 is 1.91 bits per heavy atom. The van der Waals surface area contributed by atoms with Crippen molar-refractivity contribution < 1.29 is 17.9 Å². The zero-order valence-corrected chi connectivity index (χ0v) is 20.2. The summed E-state index contributed by atoms with van der Waals surface area (Å²) >= 11 is 6.00. The largest absolute Gasteiger partial charge is 0.495 e. The van der Waals surface area contributed by atoms with Crippen molar-refractivity contribution in [3.8, 4) is 5.75 Å². The number of piperidine rings is 1. The second-order valence-corrected chi connectivity index (χ2v) is 10.5. The first-order valence-corrected chi connectivity index (χ1v) is 12.5. The van der Waals surface area contributed by atoms with E-state index in [0.717, 1.165) is 32.5 Å². The Bertz CT molecular complexity index is 1050. The molecular weight excluding hydrogens is 450 g/mol. The average molecular weight is 480 g/mol. The molecule has 0 unspecified atom stereocenters. The number of nitrogens with zero attached hydrogens (tertiary/aromatic N) is 1. The molecule has 0 aliphatic carbocycles. The number of likely N-dealkylation sites (tertiary alicyclic amines) is 1. The van der Waals surface area contributed by atoms with Gasteiger partial charge in [0.15, 0.2) is 0 Å². The average Bonchev–Trinajstić information content (AvgIpc) is 2.75. The highest BCUT2D eigenvalue weighted by molar-refractivity contribution is 7.92. The molecule has 32 heavy (non-hydrogen) atoms. The Kier molecular flexibility index (Phi) is 8.03. The molecule has 1 amide bonds. The molecule has 2 aromatic rings. The zero-order chi connectivity index (χ0) is 23.3. The summed E-state index contributed by atoms with van der Waals surface area (Å²) < 4.78 is 33.5. The first-order chi connectivity index (χ1) is 15.2. The number of rotatable bonds is 8. The summed E-state index contributed by atoms with van der Waals surface area (Å²) in [4.78, 5) is 15.2. The van der Waals surface area contributed by atoms with E-state index in [0.29, 0.717) is 22.3 Å². The normalized spacial score (nSPS) is 15.5. The summed E-state index contributed by atoms with van der Waals surface area (Å²) in [6.45, 7) is 7.36. The van der Waals surface area contributed by atoms with Gasteiger partial charge in [-0.25, -0.2) is 8.42 Å². The number of carbonyl (C=O) groups is 1. The molecule has 0 bridgehead atoms. The van der Waals surface area contributed by atoms with Gasteiger partial charge in [-0.05, 0) is 55.2 Å². The van der Waals surface area contributed by atoms with Crippen LogP contribution in [0.2, 0.25) is 5.02 Å². The highest BCUT2D eigenvalue weighted by Crippen LogP contribution is 2.30. The van der Waals surface area contributed by atoms with Crippen LogP contribution in [0, 0.1) is 5.92 Å². The van der Waals surface area contributed by atoms with Crippen LogP contribution in [0.3, 0.4) is 0 Å². The van der Waals surface area contributed by atoms with Gasteiger partial charge < -0.3 is 15.0 Å². The van der Waals surface area contributed by atoms with Crippen LogP contribution < -0.4 is 14.8 Å². The van der Waals surface area contributed by atoms with E-state index in [9.17, 15) is 13.2 Å². The summed E-state index contributed by atoms with van der Waals surface area (Å²) in [6, 6.07) is 10.7. The number of benzene rings is 2. The molecule has 0 aromatic heterocycles. The monoisotopic (exact) mass is 479 g/mol. The van der Waals surface area contributed by atoms with Crippen LogP contribution >= 0.6 is 11.6 Å². The summed E-state index contributed by atoms with van der Waals surface area (Å²) in [7, 11) is -2.50. The van der Waals surface area contributed by atoms with Crippen LogP contribution in [0.25, 0.3) is 0 Å². The SMILES string of the molecule is COc1ccc(Cl)cc1NS(=O)(=O)c1cccc(C(=O)NC2CCN(CC(C)C)CC2)c1. The van der Waals surface area contributed by atoms with Crippen molar-refractivity contribution >= 4 is 33.2 Å². The number of methoxy groups -OCH3 is 1. The molecule has 1 aliphatic heterocycles. The minimum atomic E-state index is -3.95. The third-order valence-corrected chi connectivity index (χ3v) is 6.96. The molecule has 0 saturated carbocycles. The van der Waals surface area contributed by atoms with Gasteiger partial charge in [0.1, 0.15) is 5.75 Å². The van der Waals surface area contributed by atoms with Crippen LogP contribution in [-0.2, 0) is 10.0 Å². The first kappa shape index (κ1) is 24.4. The van der Waals surface area contributed by atoms with Gasteiger partial charge >= 0.3 is 0 Å². The molecule has 7 nitrogen and oxygen atoms in total. The Balaban J connectivity index is 1.68. The third-order valence-electron chi connectivity index (χ3n) is 5.36. The van der Waals surface area contributed by atoms with Crippen molar-refractivity contribution in [1.82, 2.24) is 10.2 Å². The summed E-state index contributed by atoms with van der Waals surface area (Å²) in [5, 5.41) is 3.42. The van der Waals surface area contributed by atoms with E-state index in [2.05, 4.69) is 28.8 Å². The molecule has 174 valence electrons. The van der Waals surface area contributed by atoms with E-state index in [1.54, 1.807) is 24.3 Å². The number of hydrogen-bond acceptors (Lipinski definition) is 5. The third kappa shape index (κ3) is 6.37. The summed E-state index contributed by atoms with van der Waals surface area (Å²) in [5.41, 5.74) is 0.526. The molecular formula is C23H30ClN3O4S. The molecule has 0 atom stereocenters. The maximum atomic E-state index is 12.9. The zero-order valence-electron chi connectivity index (χ0n) is 18.6. The number of hydrogen-bond donors (Lipinski definition) is 2. The highest BCUT2D eigenvalue weighted by Gasteiger charge is 2.23. The van der Waals surface area contributed by atoms with E-state index in [4.69, 9.17) is 16.3 Å². The van der Waals surface area contributed by atoms with Gasteiger partial charge in [-0.2, -0.15) is 0 Å². The number of anilines is 1. The smallest absolute Gasteiger partial charge is 0.262 e. The van der Waals surface area contributed by atoms with Gasteiger partial charge in [0.25, 0.3) is 15.9 Å². The quantitative estimate of drug-likeness (QED) is 0.597. The van der Waals surface area contributed by atoms with Gasteiger partial charge in [-0.3, -0.25) is 9.52 Å². The molecule has 1 fully saturated rings. The van der Waals surface area contributed by atoms with Gasteiger partial charge in [0.05, 0.1) is 17.7 Å². The number of nitrogens with one attached hydrogen (secondary N) is 2. The fourth-order valence-corrected chi connectivity index (χ4v) is 5.09. The Labute approximate surface area is 195 Å². The lowest BCUT2D eigenvalue weighted by Gasteiger charge is -2.33. The minimum absolute atomic E-state index is 0.0149. The maximum Gasteiger partial charge on any atom is 0.262 e. The van der Waals surface area contributed by atoms with Crippen molar-refractivity contribution in [1.29, 1.82) is 0 Å². The van der Waals surface area contributed by atoms with Crippen LogP contribution in [0.5, 0.6) is 5.75 Å². The van der Waals surface area contributed by atoms with Gasteiger partial charge in [-0.15, -0.1) is 0 Å². The van der Waals surface area contributed by atoms with Crippen molar-refractivity contribution in [2.75, 3.05) is 31.5 Å². The van der Waals surface area contributed by atoms with Crippen LogP contribution in [0.1, 0.15) is 37.0 Å². The second-order valence-electron chi connectivity index (χ2n) is 8.42. The van der Waals surface area contributed by atoms with Crippen molar-refractivity contribution in [3.05, 3.63) is 53.1 Å². The minimum Gasteiger partial charge on any atom is -0.495 e. The Morgan fingerprint density at radius 1 is 1.19 bits per heavy atom. The predicted molar refractivity (Wildman–Crippen MR) is 127 cm³/mol. The van der Waals surface area contributed by atoms with Gasteiger partial charge in [-0.1, -0.05) is 31.5 Å². The molecule has 0 radical (unpaired) electrons. The van der Waals surface area contributed by atoms with Gasteiger partial charge in [0.2, 0.25) is 0 Å². The standard InChI is InChI=1S/C23H30ClN3O4S/c1-16(2)15-27-11-9-19(10-12-27)25-23(28)17-5-4-6-20(13-17)32(29,30)26-21-14-18(24)7-8-22(21)31-3/h4-8,13-14,16,19,26H,9-12,15H2,1-3H3,(H,25,28). The molecule has 2 aromatic carbocycles. The van der Waals surface area contributed by atoms with Crippen LogP contribution in [0.4, 0.5) is 5.69 Å². The first-order valence-electron chi connectivity index (χ1n) is 10.7. The van der Waals surface area contributed by atoms with Crippen molar-refractivity contribution in [2.24, 2.45) is 5.92 Å². The number of carbonyl (C=O) groups excluding carboxylic acids is 1. The van der Waals surface area contributed by atoms with E-state index in [-0.39, 0.29) is 22.5 Å². The Hall–Kier alpha value is -2.29. The lowest BCUT2D eigenvalue weighted by Crippen LogP contribution is -2.45. The lowest BCUT2D eigenvalue weighted by molar-refractivity contribution is 0.0907. The van der Waals surface area contributed by atoms with E-state index >= 15 is 0 Å². The fraction of sp³-hybridized carbons (Fsp3) is 0.435. The van der Waals surface area contributed by atoms with Crippen LogP contribution in [0.15, 0.2) is 47.4 Å². The van der Waals surface area contributed by atoms with E-state index in [1.165, 1.54) is 25.3 Å². The number of sulfonamides is 1. The molecule has 1 heterocycles. The fourth-order valence-electron chi connectivity index (χ4n) is 3.81. The Morgan fingerprint density at radius 3 is 2.56 bits per heavy atom. The molecule has 2 N–H and O–H groups in total. The molecule has 9 heteroatoms. The molecule has 1 saturated heterocycles. The maximum absolute atomic E-state index is 12.9. The van der Waals surface area contributed by atoms with E-state index < -0.39 is 10.0 Å². The summed E-state index contributed by atoms with van der Waals surface area (Å²) in [6.07, 6.45) is 1.76. The number of halogens is 1. The van der Waals surface area contributed by atoms with Crippen LogP contribution in [-0.4, -0.2) is 52.0 Å². The van der Waals surface area contributed by atoms with E-state index in [1.807, 2.05) is 0 Å². The summed E-state index contributed by atoms with van der Waals surface area (Å²) in [5.74, 6) is 0.687. The number of ether oxygens (including phenoxy) is 1. The second kappa shape index (κ2) is 10.6. The lowest BCUT2D eigenvalue weighted by atomic mass is 10.0. The number of amides is 1.